The van der Waals surface area contributed by atoms with E-state index in [2.05, 4.69) is 43.8 Å². The summed E-state index contributed by atoms with van der Waals surface area (Å²) in [5.74, 6) is 0. The van der Waals surface area contributed by atoms with Crippen molar-refractivity contribution in [1.29, 1.82) is 0 Å². The van der Waals surface area contributed by atoms with Gasteiger partial charge in [-0.15, -0.1) is 0 Å². The van der Waals surface area contributed by atoms with E-state index in [0.717, 1.165) is 43.4 Å². The Bertz CT molecular complexity index is 540. The van der Waals surface area contributed by atoms with Crippen molar-refractivity contribution in [2.75, 3.05) is 0 Å². The molecule has 0 radical (unpaired) electrons. The molecule has 1 heterocycles. The van der Waals surface area contributed by atoms with E-state index >= 15 is 0 Å². The molecule has 0 unspecified atom stereocenters. The maximum atomic E-state index is 6.26. The van der Waals surface area contributed by atoms with E-state index in [-0.39, 0.29) is 0 Å². The Labute approximate surface area is 116 Å². The lowest BCUT2D eigenvalue weighted by Gasteiger charge is -2.06. The summed E-state index contributed by atoms with van der Waals surface area (Å²) in [5.41, 5.74) is 1.97. The lowest BCUT2D eigenvalue weighted by molar-refractivity contribution is 0.889. The van der Waals surface area contributed by atoms with Crippen LogP contribution in [0.2, 0.25) is 5.02 Å². The predicted octanol–water partition coefficient (Wildman–Crippen LogP) is 5.37. The van der Waals surface area contributed by atoms with Crippen LogP contribution in [0.5, 0.6) is 0 Å². The van der Waals surface area contributed by atoms with E-state index in [0.29, 0.717) is 0 Å². The summed E-state index contributed by atoms with van der Waals surface area (Å²) in [6.45, 7) is 2.14. The molecule has 0 bridgehead atoms. The first-order chi connectivity index (χ1) is 7.61. The summed E-state index contributed by atoms with van der Waals surface area (Å²) in [7, 11) is 0. The molecule has 0 spiro atoms. The first-order valence-corrected chi connectivity index (χ1v) is 7.02. The molecule has 1 aromatic carbocycles. The van der Waals surface area contributed by atoms with Crippen LogP contribution in [0.1, 0.15) is 19.0 Å². The minimum absolute atomic E-state index is 0.760. The quantitative estimate of drug-likeness (QED) is 0.699. The minimum Gasteiger partial charge on any atom is -0.252 e. The smallest absolute Gasteiger partial charge is 0.0863 e. The summed E-state index contributed by atoms with van der Waals surface area (Å²) in [4.78, 5) is 4.61. The van der Waals surface area contributed by atoms with Gasteiger partial charge in [-0.2, -0.15) is 0 Å². The first-order valence-electron chi connectivity index (χ1n) is 5.06. The fourth-order valence-corrected chi connectivity index (χ4v) is 3.23. The molecule has 0 saturated carbocycles. The van der Waals surface area contributed by atoms with Crippen molar-refractivity contribution in [2.24, 2.45) is 0 Å². The van der Waals surface area contributed by atoms with Gasteiger partial charge < -0.3 is 0 Å². The van der Waals surface area contributed by atoms with Crippen LogP contribution in [0.4, 0.5) is 0 Å². The normalized spacial score (nSPS) is 11.0. The third-order valence-corrected chi connectivity index (χ3v) is 3.72. The molecule has 84 valence electrons. The van der Waals surface area contributed by atoms with Crippen molar-refractivity contribution >= 4 is 54.4 Å². The Kier molecular flexibility index (Phi) is 3.88. The van der Waals surface area contributed by atoms with Gasteiger partial charge in [-0.3, -0.25) is 4.98 Å². The number of halogens is 3. The van der Waals surface area contributed by atoms with E-state index in [1.54, 1.807) is 0 Å². The predicted molar refractivity (Wildman–Crippen MR) is 76.1 cm³/mol. The second-order valence-electron chi connectivity index (χ2n) is 3.63. The number of pyridine rings is 1. The largest absolute Gasteiger partial charge is 0.252 e. The van der Waals surface area contributed by atoms with Gasteiger partial charge in [-0.25, -0.2) is 0 Å². The average molecular weight is 363 g/mol. The molecule has 1 nitrogen and oxygen atoms in total. The van der Waals surface area contributed by atoms with E-state index in [1.165, 1.54) is 0 Å². The van der Waals surface area contributed by atoms with Gasteiger partial charge in [0, 0.05) is 20.0 Å². The van der Waals surface area contributed by atoms with Crippen LogP contribution in [0.25, 0.3) is 10.9 Å². The highest BCUT2D eigenvalue weighted by atomic mass is 79.9. The molecular weight excluding hydrogens is 353 g/mol. The third-order valence-electron chi connectivity index (χ3n) is 2.34. The van der Waals surface area contributed by atoms with Crippen LogP contribution >= 0.6 is 43.5 Å². The monoisotopic (exact) mass is 361 g/mol. The molecule has 16 heavy (non-hydrogen) atoms. The zero-order valence-corrected chi connectivity index (χ0v) is 12.7. The Morgan fingerprint density at radius 3 is 2.69 bits per heavy atom. The van der Waals surface area contributed by atoms with Gasteiger partial charge in [0.2, 0.25) is 0 Å². The Balaban J connectivity index is 2.71. The first kappa shape index (κ1) is 12.3. The van der Waals surface area contributed by atoms with E-state index in [1.807, 2.05) is 18.2 Å². The molecule has 0 saturated heterocycles. The van der Waals surface area contributed by atoms with Crippen molar-refractivity contribution in [3.63, 3.8) is 0 Å². The topological polar surface area (TPSA) is 12.9 Å². The Hall–Kier alpha value is -0.120. The van der Waals surface area contributed by atoms with Gasteiger partial charge in [-0.1, -0.05) is 40.9 Å². The molecule has 0 amide bonds. The molecule has 0 fully saturated rings. The fourth-order valence-electron chi connectivity index (χ4n) is 1.65. The molecule has 0 atom stereocenters. The Morgan fingerprint density at radius 2 is 2.00 bits per heavy atom. The van der Waals surface area contributed by atoms with Gasteiger partial charge in [-0.05, 0) is 40.5 Å². The lowest BCUT2D eigenvalue weighted by atomic mass is 10.1. The molecule has 0 aliphatic rings. The van der Waals surface area contributed by atoms with Crippen LogP contribution in [-0.4, -0.2) is 4.98 Å². The average Bonchev–Trinajstić information content (AvgIpc) is 2.20. The van der Waals surface area contributed by atoms with Crippen LogP contribution < -0.4 is 0 Å². The Morgan fingerprint density at radius 1 is 1.25 bits per heavy atom. The number of aromatic nitrogens is 1. The summed E-state index contributed by atoms with van der Waals surface area (Å²) in [6, 6.07) is 5.93. The van der Waals surface area contributed by atoms with Gasteiger partial charge >= 0.3 is 0 Å². The van der Waals surface area contributed by atoms with Crippen LogP contribution in [0.15, 0.2) is 27.1 Å². The number of benzene rings is 1. The molecule has 2 aromatic rings. The molecule has 4 heteroatoms. The van der Waals surface area contributed by atoms with Crippen molar-refractivity contribution < 1.29 is 0 Å². The summed E-state index contributed by atoms with van der Waals surface area (Å²) in [6.07, 6.45) is 2.03. The third kappa shape index (κ3) is 2.41. The summed E-state index contributed by atoms with van der Waals surface area (Å²) in [5, 5.41) is 1.73. The molecule has 0 aliphatic heterocycles. The second-order valence-corrected chi connectivity index (χ2v) is 5.81. The molecule has 0 aliphatic carbocycles. The standard InChI is InChI=1S/C12H10Br2ClN/c1-2-3-8-6-11(15)9-4-7(13)5-10(14)12(9)16-8/h4-6H,2-3H2,1H3. The van der Waals surface area contributed by atoms with Gasteiger partial charge in [0.05, 0.1) is 10.5 Å². The van der Waals surface area contributed by atoms with Gasteiger partial charge in [0.1, 0.15) is 0 Å². The molecule has 2 rings (SSSR count). The van der Waals surface area contributed by atoms with Crippen molar-refractivity contribution in [3.05, 3.63) is 37.9 Å². The summed E-state index contributed by atoms with van der Waals surface area (Å²) < 4.78 is 1.97. The second kappa shape index (κ2) is 5.03. The summed E-state index contributed by atoms with van der Waals surface area (Å²) >= 11 is 13.2. The number of aryl methyl sites for hydroxylation is 1. The number of hydrogen-bond donors (Lipinski definition) is 0. The van der Waals surface area contributed by atoms with E-state index in [4.69, 9.17) is 11.6 Å². The fraction of sp³-hybridized carbons (Fsp3) is 0.250. The number of fused-ring (bicyclic) bond motifs is 1. The van der Waals surface area contributed by atoms with Crippen LogP contribution in [0.3, 0.4) is 0 Å². The van der Waals surface area contributed by atoms with Crippen molar-refractivity contribution in [1.82, 2.24) is 4.98 Å². The maximum absolute atomic E-state index is 6.26. The number of hydrogen-bond acceptors (Lipinski definition) is 1. The highest BCUT2D eigenvalue weighted by Crippen LogP contribution is 2.32. The molecular formula is C12H10Br2ClN. The number of rotatable bonds is 2. The van der Waals surface area contributed by atoms with E-state index < -0.39 is 0 Å². The maximum Gasteiger partial charge on any atom is 0.0863 e. The van der Waals surface area contributed by atoms with Gasteiger partial charge in [0.15, 0.2) is 0 Å². The molecule has 1 aromatic heterocycles. The van der Waals surface area contributed by atoms with Gasteiger partial charge in [0.25, 0.3) is 0 Å². The minimum atomic E-state index is 0.760. The lowest BCUT2D eigenvalue weighted by Crippen LogP contribution is -1.91. The highest BCUT2D eigenvalue weighted by molar-refractivity contribution is 9.11. The van der Waals surface area contributed by atoms with E-state index in [9.17, 15) is 0 Å². The molecule has 0 N–H and O–H groups in total. The van der Waals surface area contributed by atoms with Crippen LogP contribution in [0, 0.1) is 0 Å². The highest BCUT2D eigenvalue weighted by Gasteiger charge is 2.08. The zero-order valence-electron chi connectivity index (χ0n) is 8.73. The van der Waals surface area contributed by atoms with Crippen LogP contribution in [-0.2, 0) is 6.42 Å². The SMILES string of the molecule is CCCc1cc(Cl)c2cc(Br)cc(Br)c2n1. The zero-order chi connectivity index (χ0) is 11.7. The van der Waals surface area contributed by atoms with Crippen molar-refractivity contribution in [2.45, 2.75) is 19.8 Å². The number of nitrogens with zero attached hydrogens (tertiary/aromatic N) is 1. The van der Waals surface area contributed by atoms with Crippen molar-refractivity contribution in [3.8, 4) is 0 Å².